The van der Waals surface area contributed by atoms with E-state index in [1.165, 1.54) is 0 Å². The molecule has 2 atom stereocenters. The lowest BCUT2D eigenvalue weighted by Crippen LogP contribution is -2.40. The number of carbonyl (C=O) groups excluding carboxylic acids is 1. The molecule has 0 saturated carbocycles. The van der Waals surface area contributed by atoms with Crippen LogP contribution in [0.4, 0.5) is 0 Å². The average Bonchev–Trinajstić information content (AvgIpc) is 2.13. The van der Waals surface area contributed by atoms with Gasteiger partial charge in [-0.3, -0.25) is 4.79 Å². The molecule has 3 nitrogen and oxygen atoms in total. The highest BCUT2D eigenvalue weighted by Crippen LogP contribution is 2.05. The summed E-state index contributed by atoms with van der Waals surface area (Å²) < 4.78 is 5.19. The Labute approximate surface area is 94.7 Å². The van der Waals surface area contributed by atoms with Gasteiger partial charge < -0.3 is 10.1 Å². The lowest BCUT2D eigenvalue weighted by Gasteiger charge is -2.19. The zero-order chi connectivity index (χ0) is 11.1. The Bertz CT molecular complexity index is 174. The highest BCUT2D eigenvalue weighted by atomic mass is 79.9. The molecule has 0 aliphatic rings. The zero-order valence-electron chi connectivity index (χ0n) is 9.34. The maximum atomic E-state index is 11.3. The van der Waals surface area contributed by atoms with Crippen LogP contribution in [0.25, 0.3) is 0 Å². The van der Waals surface area contributed by atoms with E-state index in [0.717, 1.165) is 5.33 Å². The Hall–Kier alpha value is -0.0900. The van der Waals surface area contributed by atoms with Gasteiger partial charge in [0.1, 0.15) is 6.61 Å². The molecule has 0 aromatic heterocycles. The maximum absolute atomic E-state index is 11.3. The summed E-state index contributed by atoms with van der Waals surface area (Å²) in [5, 5.41) is 3.78. The van der Waals surface area contributed by atoms with Gasteiger partial charge in [0.25, 0.3) is 0 Å². The molecule has 0 rings (SSSR count). The second kappa shape index (κ2) is 7.23. The van der Waals surface area contributed by atoms with Crippen molar-refractivity contribution in [1.29, 1.82) is 0 Å². The van der Waals surface area contributed by atoms with E-state index >= 15 is 0 Å². The van der Waals surface area contributed by atoms with Gasteiger partial charge >= 0.3 is 0 Å². The molecule has 0 aromatic rings. The topological polar surface area (TPSA) is 38.3 Å². The van der Waals surface area contributed by atoms with Crippen molar-refractivity contribution in [2.45, 2.75) is 39.8 Å². The lowest BCUT2D eigenvalue weighted by atomic mass is 10.1. The number of alkyl halides is 1. The minimum atomic E-state index is -0.0426. The van der Waals surface area contributed by atoms with Crippen molar-refractivity contribution in [3.63, 3.8) is 0 Å². The number of carbonyl (C=O) groups is 1. The molecular formula is C10H20BrNO2. The Morgan fingerprint density at radius 3 is 2.36 bits per heavy atom. The smallest absolute Gasteiger partial charge is 0.246 e. The molecule has 0 saturated heterocycles. The second-order valence-corrected chi connectivity index (χ2v) is 4.50. The highest BCUT2D eigenvalue weighted by Gasteiger charge is 2.13. The van der Waals surface area contributed by atoms with Crippen LogP contribution in [-0.4, -0.2) is 30.0 Å². The number of halogens is 1. The molecule has 1 N–H and O–H groups in total. The molecule has 0 fully saturated rings. The fourth-order valence-electron chi connectivity index (χ4n) is 0.814. The van der Waals surface area contributed by atoms with Gasteiger partial charge in [-0.2, -0.15) is 0 Å². The van der Waals surface area contributed by atoms with Crippen LogP contribution in [0.15, 0.2) is 0 Å². The molecule has 14 heavy (non-hydrogen) atoms. The van der Waals surface area contributed by atoms with Crippen LogP contribution in [0.1, 0.15) is 27.7 Å². The van der Waals surface area contributed by atoms with Crippen molar-refractivity contribution in [3.05, 3.63) is 0 Å². The summed E-state index contributed by atoms with van der Waals surface area (Å²) in [5.74, 6) is 0.386. The van der Waals surface area contributed by atoms with Crippen LogP contribution in [0.5, 0.6) is 0 Å². The number of amides is 1. The predicted octanol–water partition coefficient (Wildman–Crippen LogP) is 1.95. The van der Waals surface area contributed by atoms with Gasteiger partial charge in [0.2, 0.25) is 5.91 Å². The summed E-state index contributed by atoms with van der Waals surface area (Å²) in [7, 11) is 0. The minimum Gasteiger partial charge on any atom is -0.369 e. The Morgan fingerprint density at radius 1 is 1.36 bits per heavy atom. The first kappa shape index (κ1) is 13.9. The van der Waals surface area contributed by atoms with E-state index in [1.54, 1.807) is 0 Å². The predicted molar refractivity (Wildman–Crippen MR) is 61.7 cm³/mol. The number of rotatable bonds is 6. The summed E-state index contributed by atoms with van der Waals surface area (Å²) in [4.78, 5) is 11.3. The van der Waals surface area contributed by atoms with E-state index in [-0.39, 0.29) is 24.7 Å². The van der Waals surface area contributed by atoms with Crippen molar-refractivity contribution in [1.82, 2.24) is 5.32 Å². The van der Waals surface area contributed by atoms with Gasteiger partial charge in [-0.15, -0.1) is 0 Å². The fraction of sp³-hybridized carbons (Fsp3) is 0.900. The Kier molecular flexibility index (Phi) is 7.19. The number of hydrogen-bond acceptors (Lipinski definition) is 2. The molecule has 0 aliphatic carbocycles. The monoisotopic (exact) mass is 265 g/mol. The standard InChI is InChI=1S/C10H20BrNO2/c1-7(2)14-6-10(13)12-9(4)8(3)5-11/h7-9H,5-6H2,1-4H3,(H,12,13). The SMILES string of the molecule is CC(C)OCC(=O)NC(C)C(C)CBr. The van der Waals surface area contributed by atoms with Crippen molar-refractivity contribution in [3.8, 4) is 0 Å². The molecule has 0 radical (unpaired) electrons. The quantitative estimate of drug-likeness (QED) is 0.746. The summed E-state index contributed by atoms with van der Waals surface area (Å²) in [6, 6.07) is 0.178. The largest absolute Gasteiger partial charge is 0.369 e. The third-order valence-electron chi connectivity index (χ3n) is 2.03. The first-order chi connectivity index (χ1) is 6.47. The van der Waals surface area contributed by atoms with Gasteiger partial charge in [-0.25, -0.2) is 0 Å². The van der Waals surface area contributed by atoms with E-state index in [2.05, 4.69) is 28.2 Å². The van der Waals surface area contributed by atoms with Crippen LogP contribution in [0.3, 0.4) is 0 Å². The molecule has 0 aliphatic heterocycles. The third-order valence-corrected chi connectivity index (χ3v) is 3.05. The van der Waals surface area contributed by atoms with Gasteiger partial charge in [0, 0.05) is 11.4 Å². The van der Waals surface area contributed by atoms with Crippen LogP contribution < -0.4 is 5.32 Å². The molecule has 2 unspecified atom stereocenters. The first-order valence-corrected chi connectivity index (χ1v) is 6.06. The Morgan fingerprint density at radius 2 is 1.93 bits per heavy atom. The third kappa shape index (κ3) is 6.38. The first-order valence-electron chi connectivity index (χ1n) is 4.94. The summed E-state index contributed by atoms with van der Waals surface area (Å²) >= 11 is 3.38. The molecule has 1 amide bonds. The summed E-state index contributed by atoms with van der Waals surface area (Å²) in [6.45, 7) is 8.06. The highest BCUT2D eigenvalue weighted by molar-refractivity contribution is 9.09. The normalized spacial score (nSPS) is 15.3. The molecule has 0 bridgehead atoms. The summed E-state index contributed by atoms with van der Waals surface area (Å²) in [5.41, 5.74) is 0. The Balaban J connectivity index is 3.71. The molecule has 0 heterocycles. The molecular weight excluding hydrogens is 246 g/mol. The zero-order valence-corrected chi connectivity index (χ0v) is 10.9. The van der Waals surface area contributed by atoms with Gasteiger partial charge in [0.05, 0.1) is 6.10 Å². The fourth-order valence-corrected chi connectivity index (χ4v) is 1.37. The van der Waals surface area contributed by atoms with Crippen LogP contribution in [0, 0.1) is 5.92 Å². The maximum Gasteiger partial charge on any atom is 0.246 e. The van der Waals surface area contributed by atoms with Gasteiger partial charge in [-0.05, 0) is 26.7 Å². The second-order valence-electron chi connectivity index (χ2n) is 3.85. The van der Waals surface area contributed by atoms with Crippen molar-refractivity contribution < 1.29 is 9.53 Å². The molecule has 84 valence electrons. The minimum absolute atomic E-state index is 0.0426. The van der Waals surface area contributed by atoms with E-state index < -0.39 is 0 Å². The van der Waals surface area contributed by atoms with Crippen LogP contribution >= 0.6 is 15.9 Å². The van der Waals surface area contributed by atoms with E-state index in [9.17, 15) is 4.79 Å². The molecule has 0 spiro atoms. The van der Waals surface area contributed by atoms with Crippen LogP contribution in [0.2, 0.25) is 0 Å². The van der Waals surface area contributed by atoms with Crippen molar-refractivity contribution >= 4 is 21.8 Å². The summed E-state index contributed by atoms with van der Waals surface area (Å²) in [6.07, 6.45) is 0.102. The van der Waals surface area contributed by atoms with Crippen molar-refractivity contribution in [2.24, 2.45) is 5.92 Å². The van der Waals surface area contributed by atoms with Crippen molar-refractivity contribution in [2.75, 3.05) is 11.9 Å². The molecule has 4 heteroatoms. The van der Waals surface area contributed by atoms with Gasteiger partial charge in [0.15, 0.2) is 0 Å². The average molecular weight is 266 g/mol. The van der Waals surface area contributed by atoms with Crippen LogP contribution in [-0.2, 0) is 9.53 Å². The van der Waals surface area contributed by atoms with Gasteiger partial charge in [-0.1, -0.05) is 22.9 Å². The van der Waals surface area contributed by atoms with E-state index in [0.29, 0.717) is 5.92 Å². The number of nitrogens with one attached hydrogen (secondary N) is 1. The van der Waals surface area contributed by atoms with E-state index in [1.807, 2.05) is 20.8 Å². The molecule has 0 aromatic carbocycles. The number of ether oxygens (including phenoxy) is 1. The lowest BCUT2D eigenvalue weighted by molar-refractivity contribution is -0.127. The van der Waals surface area contributed by atoms with E-state index in [4.69, 9.17) is 4.74 Å². The number of hydrogen-bond donors (Lipinski definition) is 1.